The Balaban J connectivity index is 0.00000595. The van der Waals surface area contributed by atoms with E-state index < -0.39 is 36.6 Å². The zero-order valence-corrected chi connectivity index (χ0v) is 34.2. The molecule has 2 heterocycles. The fraction of sp³-hybridized carbons (Fsp3) is 0.176. The van der Waals surface area contributed by atoms with Gasteiger partial charge in [0.15, 0.2) is 0 Å². The monoisotopic (exact) mass is 918 g/mol. The van der Waals surface area contributed by atoms with Gasteiger partial charge in [0.2, 0.25) is 0 Å². The van der Waals surface area contributed by atoms with Gasteiger partial charge in [-0.1, -0.05) is 142 Å². The van der Waals surface area contributed by atoms with Gasteiger partial charge in [0, 0.05) is 42.8 Å². The molecule has 6 aromatic carbocycles. The molecule has 0 fully saturated rings. The summed E-state index contributed by atoms with van der Waals surface area (Å²) in [6, 6.07) is 39.2. The van der Waals surface area contributed by atoms with E-state index in [4.69, 9.17) is 19.6 Å². The number of pyridine rings is 1. The van der Waals surface area contributed by atoms with E-state index in [2.05, 4.69) is 93.8 Å². The number of para-hydroxylation sites is 2. The topological polar surface area (TPSA) is 50.9 Å². The van der Waals surface area contributed by atoms with Crippen LogP contribution in [0.3, 0.4) is 0 Å². The van der Waals surface area contributed by atoms with Gasteiger partial charge in [-0.25, -0.2) is 4.98 Å². The second-order valence-corrected chi connectivity index (χ2v) is 15.4. The van der Waals surface area contributed by atoms with Gasteiger partial charge < -0.3 is 5.11 Å². The van der Waals surface area contributed by atoms with Crippen molar-refractivity contribution in [1.29, 1.82) is 0 Å². The SMILES string of the molecule is [2H]c1c([2H])c(C([2H])([2H])[2H])c([2H])c([2H])c1-c1ccnc(-c2[c-]c(-c3cccc4c3nc(-c3ccccc3O)n4-c3ccc(-c4ccccc4)c(CC(C)C)c3)cc(C(C)(C)C)c2)c1.[Pt]. The van der Waals surface area contributed by atoms with E-state index in [1.165, 1.54) is 11.1 Å². The summed E-state index contributed by atoms with van der Waals surface area (Å²) in [6.07, 6.45) is 2.41. The van der Waals surface area contributed by atoms with Crippen LogP contribution in [0.2, 0.25) is 0 Å². The van der Waals surface area contributed by atoms with E-state index in [1.54, 1.807) is 30.5 Å². The minimum Gasteiger partial charge on any atom is -0.507 e. The summed E-state index contributed by atoms with van der Waals surface area (Å²) in [5.74, 6) is 1.10. The second-order valence-electron chi connectivity index (χ2n) is 15.4. The number of hydrogen-bond donors (Lipinski definition) is 1. The Morgan fingerprint density at radius 2 is 1.48 bits per heavy atom. The molecule has 1 N–H and O–H groups in total. The first-order valence-electron chi connectivity index (χ1n) is 22.1. The number of benzene rings is 6. The summed E-state index contributed by atoms with van der Waals surface area (Å²) in [7, 11) is 0. The average molecular weight is 919 g/mol. The molecule has 0 amide bonds. The molecular weight excluding hydrogens is 866 g/mol. The number of phenolic OH excluding ortho intramolecular Hbond substituents is 1. The molecule has 0 aliphatic heterocycles. The Morgan fingerprint density at radius 3 is 2.21 bits per heavy atom. The number of fused-ring (bicyclic) bond motifs is 1. The van der Waals surface area contributed by atoms with E-state index in [-0.39, 0.29) is 37.8 Å². The zero-order valence-electron chi connectivity index (χ0n) is 38.9. The van der Waals surface area contributed by atoms with Crippen molar-refractivity contribution < 1.29 is 35.8 Å². The molecule has 0 unspecified atom stereocenters. The van der Waals surface area contributed by atoms with Crippen LogP contribution in [0.15, 0.2) is 146 Å². The van der Waals surface area contributed by atoms with Crippen LogP contribution in [-0.4, -0.2) is 19.6 Å². The third-order valence-corrected chi connectivity index (χ3v) is 9.86. The first-order chi connectivity index (χ1) is 29.4. The van der Waals surface area contributed by atoms with Gasteiger partial charge in [-0.05, 0) is 88.8 Å². The molecule has 0 aliphatic carbocycles. The van der Waals surface area contributed by atoms with Crippen LogP contribution in [0.5, 0.6) is 5.75 Å². The Morgan fingerprint density at radius 1 is 0.750 bits per heavy atom. The summed E-state index contributed by atoms with van der Waals surface area (Å²) in [6.45, 7) is 7.98. The summed E-state index contributed by atoms with van der Waals surface area (Å²) in [4.78, 5) is 10.0. The third-order valence-electron chi connectivity index (χ3n) is 9.86. The van der Waals surface area contributed by atoms with Crippen LogP contribution in [0, 0.1) is 18.8 Å². The van der Waals surface area contributed by atoms with Gasteiger partial charge in [0.1, 0.15) is 11.6 Å². The maximum absolute atomic E-state index is 11.3. The van der Waals surface area contributed by atoms with Gasteiger partial charge in [-0.2, -0.15) is 0 Å². The Labute approximate surface area is 355 Å². The van der Waals surface area contributed by atoms with Gasteiger partial charge >= 0.3 is 0 Å². The van der Waals surface area contributed by atoms with Crippen LogP contribution < -0.4 is 0 Å². The van der Waals surface area contributed by atoms with E-state index in [0.717, 1.165) is 39.9 Å². The number of hydrogen-bond acceptors (Lipinski definition) is 3. The van der Waals surface area contributed by atoms with Crippen molar-refractivity contribution in [2.45, 2.75) is 53.3 Å². The van der Waals surface area contributed by atoms with E-state index in [1.807, 2.05) is 42.5 Å². The van der Waals surface area contributed by atoms with Crippen LogP contribution in [0.1, 0.15) is 60.9 Å². The number of rotatable bonds is 8. The summed E-state index contributed by atoms with van der Waals surface area (Å²) in [5.41, 5.74) is 9.66. The number of imidazole rings is 1. The number of aromatic hydroxyl groups is 1. The molecule has 0 saturated carbocycles. The fourth-order valence-corrected chi connectivity index (χ4v) is 7.12. The molecule has 4 nitrogen and oxygen atoms in total. The predicted octanol–water partition coefficient (Wildman–Crippen LogP) is 13.1. The maximum Gasteiger partial charge on any atom is 0.148 e. The normalized spacial score (nSPS) is 13.6. The summed E-state index contributed by atoms with van der Waals surface area (Å²) >= 11 is 0. The molecule has 5 heteroatoms. The minimum atomic E-state index is -2.81. The Kier molecular flexibility index (Phi) is 8.69. The number of aromatic nitrogens is 3. The van der Waals surface area contributed by atoms with Crippen molar-refractivity contribution >= 4 is 11.0 Å². The number of phenols is 1. The van der Waals surface area contributed by atoms with Crippen molar-refractivity contribution in [2.75, 3.05) is 0 Å². The largest absolute Gasteiger partial charge is 0.507 e. The first-order valence-corrected chi connectivity index (χ1v) is 18.6. The van der Waals surface area contributed by atoms with Crippen LogP contribution in [0.25, 0.3) is 72.7 Å². The van der Waals surface area contributed by atoms with Crippen molar-refractivity contribution in [2.24, 2.45) is 5.92 Å². The molecule has 2 aromatic heterocycles. The minimum absolute atomic E-state index is 0. The van der Waals surface area contributed by atoms with Crippen molar-refractivity contribution in [3.05, 3.63) is 168 Å². The summed E-state index contributed by atoms with van der Waals surface area (Å²) in [5, 5.41) is 11.3. The fourth-order valence-electron chi connectivity index (χ4n) is 7.12. The predicted molar refractivity (Wildman–Crippen MR) is 229 cm³/mol. The zero-order chi connectivity index (χ0) is 44.2. The molecule has 0 atom stereocenters. The van der Waals surface area contributed by atoms with Crippen molar-refractivity contribution in [1.82, 2.24) is 14.5 Å². The molecular formula is C51H46N3OPt-. The average Bonchev–Trinajstić information content (AvgIpc) is 3.62. The number of nitrogens with zero attached hydrogens (tertiary/aromatic N) is 3. The van der Waals surface area contributed by atoms with Crippen LogP contribution in [-0.2, 0) is 32.9 Å². The molecule has 0 radical (unpaired) electrons. The second kappa shape index (κ2) is 15.9. The van der Waals surface area contributed by atoms with Crippen molar-refractivity contribution in [3.8, 4) is 67.5 Å². The van der Waals surface area contributed by atoms with E-state index >= 15 is 0 Å². The summed E-state index contributed by atoms with van der Waals surface area (Å²) < 4.78 is 60.2. The van der Waals surface area contributed by atoms with Gasteiger partial charge in [0.25, 0.3) is 0 Å². The quantitative estimate of drug-likeness (QED) is 0.155. The van der Waals surface area contributed by atoms with E-state index in [9.17, 15) is 5.11 Å². The molecule has 56 heavy (non-hydrogen) atoms. The van der Waals surface area contributed by atoms with Crippen LogP contribution >= 0.6 is 0 Å². The van der Waals surface area contributed by atoms with Gasteiger partial charge in [-0.15, -0.1) is 29.3 Å². The molecule has 8 aromatic rings. The third kappa shape index (κ3) is 7.77. The standard InChI is InChI=1S/C51H46N3O.Pt/c1-33(2)27-38-31-42(23-24-43(38)36-13-8-7-9-14-36)54-47-17-12-16-44(49(47)53-50(54)45-15-10-11-18-48(45)55)39-28-40(30-41(29-39)51(4,5)6)46-32-37(25-26-52-46)35-21-19-34(3)20-22-35;/h7-26,29-33,55H,27H2,1-6H3;/q-1;/i3D3,19D,20D,21D,22D;. The van der Waals surface area contributed by atoms with Crippen molar-refractivity contribution in [3.63, 3.8) is 0 Å². The maximum atomic E-state index is 11.3. The van der Waals surface area contributed by atoms with Gasteiger partial charge in [-0.3, -0.25) is 9.55 Å². The molecule has 282 valence electrons. The van der Waals surface area contributed by atoms with E-state index in [0.29, 0.717) is 39.6 Å². The Bertz CT molecular complexity index is 2980. The smallest absolute Gasteiger partial charge is 0.148 e. The van der Waals surface area contributed by atoms with Crippen LogP contribution in [0.4, 0.5) is 0 Å². The molecule has 8 rings (SSSR count). The Hall–Kier alpha value is -5.57. The molecule has 0 bridgehead atoms. The molecule has 0 aliphatic rings. The van der Waals surface area contributed by atoms with Gasteiger partial charge in [0.05, 0.1) is 22.1 Å². The first kappa shape index (κ1) is 30.6. The molecule has 0 spiro atoms. The molecule has 0 saturated heterocycles.